The number of carboxylic acid groups (broad SMARTS) is 10. The number of carbonyl (C=O) groups excluding carboxylic acids is 11. The number of ketones is 1. The summed E-state index contributed by atoms with van der Waals surface area (Å²) in [4.78, 5) is 112. The van der Waals surface area contributed by atoms with Crippen molar-refractivity contribution in [3.05, 3.63) is 0 Å². The third kappa shape index (κ3) is 39.1. The SMILES string of the molecule is CCCCCCCCCCOC(F)(F)C(=O)[O-].COCCOC(F)(F)C(=O)[O-].COCCOCCOC(F)(F)C(=O)[O-].O=C([O-])C(F)(F)OC12CC3CC(CC(C3)C1)C2.O=C([O-])C(F)(F)OC1C2CC3CC(C2)CC1C3.O=C([O-])C(F)(F)OC1CC2CC1C1CCCC21.O=C([O-])C(F)(F)OC1CC2CCC1C2.O=C([O-])C(F)(F)OC1CCCC1.O=C([O-])C(F)(F)OC1CCCCC1.O=C1C2CC3CC1CC(OC(F)(F)C(=O)[O-])(C3)C2. The van der Waals surface area contributed by atoms with E-state index in [0.717, 1.165) is 141 Å². The minimum absolute atomic E-state index is 0.0944. The summed E-state index contributed by atoms with van der Waals surface area (Å²) in [6.45, 7) is 1.23. The van der Waals surface area contributed by atoms with Crippen LogP contribution in [0.4, 0.5) is 87.8 Å². The molecule has 16 bridgehead atoms. The van der Waals surface area contributed by atoms with Gasteiger partial charge in [0, 0.05) is 26.1 Å². The van der Waals surface area contributed by atoms with Crippen LogP contribution in [0.2, 0.25) is 0 Å². The highest BCUT2D eigenvalue weighted by Crippen LogP contribution is 2.63. The summed E-state index contributed by atoms with van der Waals surface area (Å²) < 4.78 is 308. The number of carbonyl (C=O) groups is 11. The highest BCUT2D eigenvalue weighted by atomic mass is 19.3. The predicted octanol–water partition coefficient (Wildman–Crippen LogP) is 6.14. The minimum atomic E-state index is -4.27. The first-order chi connectivity index (χ1) is 69.7. The van der Waals surface area contributed by atoms with Gasteiger partial charge in [-0.3, -0.25) is 4.79 Å². The highest BCUT2D eigenvalue weighted by molar-refractivity contribution is 5.86. The highest BCUT2D eigenvalue weighted by Gasteiger charge is 2.62. The van der Waals surface area contributed by atoms with E-state index in [1.54, 1.807) is 0 Å². The Kier molecular flexibility index (Phi) is 48.6. The van der Waals surface area contributed by atoms with Crippen molar-refractivity contribution in [3.63, 3.8) is 0 Å². The lowest BCUT2D eigenvalue weighted by Crippen LogP contribution is -2.60. The molecule has 0 aromatic heterocycles. The van der Waals surface area contributed by atoms with E-state index >= 15 is 0 Å². The number of ether oxygens (including phenoxy) is 13. The van der Waals surface area contributed by atoms with E-state index in [1.165, 1.54) is 59.2 Å². The number of rotatable bonds is 45. The number of carboxylic acids is 10. The van der Waals surface area contributed by atoms with E-state index in [2.05, 4.69) is 59.0 Å². The number of aliphatic carboxylic acids is 10. The van der Waals surface area contributed by atoms with E-state index in [4.69, 9.17) is 9.47 Å². The van der Waals surface area contributed by atoms with Crippen molar-refractivity contribution >= 4 is 65.5 Å². The molecular formula is C96H128F20O34-10. The Morgan fingerprint density at radius 1 is 0.273 bits per heavy atom. The molecule has 10 atom stereocenters. The van der Waals surface area contributed by atoms with E-state index in [1.807, 2.05) is 0 Å². The lowest BCUT2D eigenvalue weighted by molar-refractivity contribution is -0.385. The van der Waals surface area contributed by atoms with Crippen LogP contribution in [0, 0.1) is 94.7 Å². The van der Waals surface area contributed by atoms with E-state index < -0.39 is 176 Å². The largest absolute Gasteiger partial charge is 0.542 e. The zero-order chi connectivity index (χ0) is 112. The van der Waals surface area contributed by atoms with E-state index in [9.17, 15) is 192 Å². The molecule has 150 heavy (non-hydrogen) atoms. The average molecular weight is 2210 g/mol. The van der Waals surface area contributed by atoms with Crippen LogP contribution < -0.4 is 51.1 Å². The number of halogens is 20. The Morgan fingerprint density at radius 3 is 1.00 bits per heavy atom. The molecule has 19 rings (SSSR count). The number of hydrogen-bond acceptors (Lipinski definition) is 34. The first kappa shape index (κ1) is 129. The molecule has 54 heteroatoms. The maximum atomic E-state index is 13.2. The summed E-state index contributed by atoms with van der Waals surface area (Å²) in [7, 11) is 2.74. The van der Waals surface area contributed by atoms with Gasteiger partial charge in [0.2, 0.25) is 0 Å². The van der Waals surface area contributed by atoms with Gasteiger partial charge in [-0.25, -0.2) is 0 Å². The van der Waals surface area contributed by atoms with Gasteiger partial charge in [0.1, 0.15) is 65.5 Å². The van der Waals surface area contributed by atoms with Crippen molar-refractivity contribution in [3.8, 4) is 0 Å². The molecule has 0 N–H and O–H groups in total. The summed E-state index contributed by atoms with van der Waals surface area (Å²) in [5, 5.41) is 100. The predicted molar refractivity (Wildman–Crippen MR) is 444 cm³/mol. The minimum Gasteiger partial charge on any atom is -0.542 e. The zero-order valence-corrected chi connectivity index (χ0v) is 82.7. The van der Waals surface area contributed by atoms with Gasteiger partial charge in [-0.15, -0.1) is 0 Å². The quantitative estimate of drug-likeness (QED) is 0.0488. The fourth-order valence-electron chi connectivity index (χ4n) is 24.9. The van der Waals surface area contributed by atoms with Gasteiger partial charge in [-0.05, 0) is 269 Å². The van der Waals surface area contributed by atoms with Crippen molar-refractivity contribution in [2.75, 3.05) is 60.5 Å². The normalized spacial score (nSPS) is 30.0. The van der Waals surface area contributed by atoms with Crippen LogP contribution in [0.25, 0.3) is 0 Å². The molecule has 0 aliphatic heterocycles. The first-order valence-corrected chi connectivity index (χ1v) is 50.4. The van der Waals surface area contributed by atoms with Crippen LogP contribution in [0.5, 0.6) is 0 Å². The van der Waals surface area contributed by atoms with Gasteiger partial charge in [-0.1, -0.05) is 90.4 Å². The Bertz CT molecular complexity index is 4240. The third-order valence-corrected chi connectivity index (χ3v) is 30.3. The summed E-state index contributed by atoms with van der Waals surface area (Å²) in [6, 6.07) is 0. The van der Waals surface area contributed by atoms with E-state index in [-0.39, 0.29) is 86.5 Å². The summed E-state index contributed by atoms with van der Waals surface area (Å²) >= 11 is 0. The summed E-state index contributed by atoms with van der Waals surface area (Å²) in [5.41, 5.74) is -2.05. The Balaban J connectivity index is 0.000000226. The van der Waals surface area contributed by atoms with Crippen LogP contribution in [-0.2, 0) is 114 Å². The van der Waals surface area contributed by atoms with Crippen LogP contribution >= 0.6 is 0 Å². The van der Waals surface area contributed by atoms with Crippen molar-refractivity contribution in [2.24, 2.45) is 94.7 Å². The van der Waals surface area contributed by atoms with Gasteiger partial charge in [-0.2, -0.15) is 87.8 Å². The number of fused-ring (bicyclic) bond motifs is 7. The summed E-state index contributed by atoms with van der Waals surface area (Å²) in [6.07, 6.45) is -9.71. The molecule has 19 aliphatic carbocycles. The zero-order valence-electron chi connectivity index (χ0n) is 82.7. The second-order valence-electron chi connectivity index (χ2n) is 41.5. The van der Waals surface area contributed by atoms with Crippen LogP contribution in [0.3, 0.4) is 0 Å². The lowest BCUT2D eigenvalue weighted by Gasteiger charge is -2.56. The van der Waals surface area contributed by atoms with Crippen molar-refractivity contribution in [1.29, 1.82) is 0 Å². The van der Waals surface area contributed by atoms with Crippen LogP contribution in [0.15, 0.2) is 0 Å². The van der Waals surface area contributed by atoms with Crippen molar-refractivity contribution < 1.29 is 253 Å². The van der Waals surface area contributed by atoms with Crippen molar-refractivity contribution in [1.82, 2.24) is 0 Å². The number of alkyl halides is 20. The van der Waals surface area contributed by atoms with E-state index in [0.29, 0.717) is 130 Å². The molecule has 0 aromatic carbocycles. The number of hydrogen-bond donors (Lipinski definition) is 0. The molecule has 19 saturated carbocycles. The molecule has 19 fully saturated rings. The fraction of sp³-hybridized carbons (Fsp3) is 0.885. The smallest absolute Gasteiger partial charge is 0.398 e. The molecular weight excluding hydrogens is 2080 g/mol. The Hall–Kier alpha value is -7.55. The number of Topliss-reactive ketones (excluding diaryl/α,β-unsaturated/α-hetero) is 1. The van der Waals surface area contributed by atoms with Crippen molar-refractivity contribution in [2.45, 2.75) is 379 Å². The molecule has 34 nitrogen and oxygen atoms in total. The number of methoxy groups -OCH3 is 2. The van der Waals surface area contributed by atoms with Gasteiger partial charge >= 0.3 is 61.1 Å². The second-order valence-corrected chi connectivity index (χ2v) is 41.5. The standard InChI is InChI=1S/C12H14F2O4.3C12H16F2O3.C12H22F2O3.C9H12F2O3.C8H12F2O3.C7H12F2O5.C7H10F2O3.C5H8F2O4/c13-12(14,10(16)17)18-11-3-6-1-7(4-11)9(15)8(2-6)5-11;13-12(14,10(15)16)17-11-4-7-1-8(5-11)3-9(2-7)6-11;13-12(14,11(15)16)17-10-8-2-6-1-7(4-8)5-9(10)3-6;13-12(14,11(15)16)17-10-5-6-4-9(10)8-3-1-2-7(6)8;1-2-3-4-5-6-7-8-9-10-17-12(13,14)11(15)16;10-9(11,8(12)13)14-7-4-5-1-2-6(7)3-5;9-8(10,7(11)12)13-6-4-2-1-3-5-6;1-12-2-3-13-4-5-14-7(8,9)6(10)11;8-7(9,6(10)11)12-5-3-1-2-4-5;1-10-2-3-11-5(6,7)4(8)9/h6-8H,1-5H2,(H,16,17);7-9H,1-6H2,(H,15,16);2*6-10H,1-5H2,(H,15,16);2-10H2,1H3,(H,15,16);5-7H,1-4H2,(H,12,13);6H,1-5H2,(H,11,12);2-5H2,1H3,(H,10,11);5H,1-4H2,(H,10,11);2-3H2,1H3,(H,8,9)/p-10. The molecule has 0 aromatic rings. The fourth-order valence-corrected chi connectivity index (χ4v) is 24.9. The Labute approximate surface area is 850 Å². The Morgan fingerprint density at radius 2 is 0.607 bits per heavy atom. The maximum Gasteiger partial charge on any atom is 0.398 e. The lowest BCUT2D eigenvalue weighted by atomic mass is 9.53. The second kappa shape index (κ2) is 56.4. The van der Waals surface area contributed by atoms with Gasteiger partial charge in [0.25, 0.3) is 0 Å². The third-order valence-electron chi connectivity index (χ3n) is 30.3. The monoisotopic (exact) mass is 2200 g/mol. The van der Waals surface area contributed by atoms with Gasteiger partial charge < -0.3 is 161 Å². The number of unbranched alkanes of at least 4 members (excludes halogenated alkanes) is 7. The summed E-state index contributed by atoms with van der Waals surface area (Å²) in [5.74, 6) is -19.7. The van der Waals surface area contributed by atoms with Crippen LogP contribution in [0.1, 0.15) is 277 Å². The molecule has 10 unspecified atom stereocenters. The molecule has 866 valence electrons. The van der Waals surface area contributed by atoms with Gasteiger partial charge in [0.15, 0.2) is 0 Å². The van der Waals surface area contributed by atoms with Crippen LogP contribution in [-0.4, -0.2) is 229 Å². The molecule has 0 heterocycles. The molecule has 0 spiro atoms. The average Bonchev–Trinajstić information content (AvgIpc) is 1.47. The maximum absolute atomic E-state index is 13.2. The topological polar surface area (TPSA) is 538 Å². The molecule has 0 amide bonds. The van der Waals surface area contributed by atoms with Gasteiger partial charge in [0.05, 0.1) is 88.0 Å². The molecule has 0 radical (unpaired) electrons. The molecule has 0 saturated heterocycles. The molecule has 19 aliphatic rings. The first-order valence-electron chi connectivity index (χ1n) is 50.4.